The highest BCUT2D eigenvalue weighted by atomic mass is 16.6. The predicted molar refractivity (Wildman–Crippen MR) is 116 cm³/mol. The van der Waals surface area contributed by atoms with Gasteiger partial charge in [0.05, 0.1) is 6.61 Å². The van der Waals surface area contributed by atoms with Crippen LogP contribution in [0.1, 0.15) is 46.5 Å². The molecule has 0 aromatic heterocycles. The third kappa shape index (κ3) is 8.16. The Morgan fingerprint density at radius 2 is 1.72 bits per heavy atom. The normalized spacial score (nSPS) is 17.2. The van der Waals surface area contributed by atoms with Crippen molar-refractivity contribution in [1.82, 2.24) is 20.6 Å². The maximum Gasteiger partial charge on any atom is 0.253 e. The smallest absolute Gasteiger partial charge is 0.253 e. The molecule has 0 aromatic carbocycles. The number of imide groups is 1. The molecule has 1 saturated heterocycles. The number of hydroxylamine groups is 1. The monoisotopic (exact) mass is 450 g/mol. The molecule has 1 fully saturated rings. The summed E-state index contributed by atoms with van der Waals surface area (Å²) in [6.07, 6.45) is 4.22. The first-order valence-corrected chi connectivity index (χ1v) is 11.0. The summed E-state index contributed by atoms with van der Waals surface area (Å²) in [5, 5.41) is 2.68. The zero-order valence-electron chi connectivity index (χ0n) is 19.1. The minimum Gasteiger partial charge on any atom is -0.355 e. The largest absolute Gasteiger partial charge is 0.355 e. The summed E-state index contributed by atoms with van der Waals surface area (Å²) in [6.45, 7) is 7.82. The molecular weight excluding hydrogens is 416 g/mol. The second kappa shape index (κ2) is 11.9. The number of nitrogens with zero attached hydrogens (tertiary/aromatic N) is 2. The van der Waals surface area contributed by atoms with Crippen LogP contribution in [0.25, 0.3) is 0 Å². The molecule has 0 bridgehead atoms. The summed E-state index contributed by atoms with van der Waals surface area (Å²) in [6, 6.07) is 0. The van der Waals surface area contributed by atoms with Crippen molar-refractivity contribution in [1.29, 1.82) is 0 Å². The van der Waals surface area contributed by atoms with E-state index in [1.54, 1.807) is 6.92 Å². The molecule has 2 aliphatic heterocycles. The molecule has 0 aliphatic carbocycles. The van der Waals surface area contributed by atoms with E-state index in [-0.39, 0.29) is 41.9 Å². The Balaban J connectivity index is 1.54. The van der Waals surface area contributed by atoms with Crippen molar-refractivity contribution in [2.75, 3.05) is 39.3 Å². The van der Waals surface area contributed by atoms with E-state index < -0.39 is 11.8 Å². The quantitative estimate of drug-likeness (QED) is 0.247. The summed E-state index contributed by atoms with van der Waals surface area (Å²) < 4.78 is 0. The van der Waals surface area contributed by atoms with Crippen LogP contribution in [0.2, 0.25) is 0 Å². The first-order valence-electron chi connectivity index (χ1n) is 11.0. The fourth-order valence-corrected chi connectivity index (χ4v) is 3.63. The van der Waals surface area contributed by atoms with Gasteiger partial charge in [-0.25, -0.2) is 5.48 Å². The molecule has 0 spiro atoms. The van der Waals surface area contributed by atoms with E-state index in [0.29, 0.717) is 39.2 Å². The average molecular weight is 451 g/mol. The number of rotatable bonds is 12. The van der Waals surface area contributed by atoms with Crippen LogP contribution < -0.4 is 10.8 Å². The molecule has 2 heterocycles. The van der Waals surface area contributed by atoms with Gasteiger partial charge in [0.1, 0.15) is 5.78 Å². The summed E-state index contributed by atoms with van der Waals surface area (Å²) in [7, 11) is 0. The summed E-state index contributed by atoms with van der Waals surface area (Å²) >= 11 is 0. The summed E-state index contributed by atoms with van der Waals surface area (Å²) in [5.41, 5.74) is 2.41. The van der Waals surface area contributed by atoms with E-state index in [1.807, 2.05) is 18.7 Å². The molecule has 2 aliphatic rings. The Morgan fingerprint density at radius 3 is 2.31 bits per heavy atom. The first kappa shape index (κ1) is 25.7. The average Bonchev–Trinajstić information content (AvgIpc) is 3.06. The van der Waals surface area contributed by atoms with Crippen molar-refractivity contribution in [3.05, 3.63) is 12.2 Å². The van der Waals surface area contributed by atoms with Gasteiger partial charge in [-0.1, -0.05) is 13.8 Å². The zero-order valence-corrected chi connectivity index (χ0v) is 19.1. The standard InChI is InChI=1S/C22H34N4O6/c1-16(27)17-6-11-25(12-7-17)21(31)14-22(2,3)15-32-24-10-9-23-18(28)8-13-26-19(29)4-5-20(26)30/h4-5,17,24H,6-15H2,1-3H3,(H,23,28). The second-order valence-corrected chi connectivity index (χ2v) is 9.05. The summed E-state index contributed by atoms with van der Waals surface area (Å²) in [4.78, 5) is 67.0. The van der Waals surface area contributed by atoms with Crippen molar-refractivity contribution in [2.24, 2.45) is 11.3 Å². The van der Waals surface area contributed by atoms with Crippen LogP contribution in [-0.2, 0) is 28.8 Å². The number of carbonyl (C=O) groups excluding carboxylic acids is 5. The molecular formula is C22H34N4O6. The van der Waals surface area contributed by atoms with E-state index in [0.717, 1.165) is 17.7 Å². The Morgan fingerprint density at radius 1 is 1.09 bits per heavy atom. The number of hydrogen-bond donors (Lipinski definition) is 2. The molecule has 178 valence electrons. The zero-order chi connectivity index (χ0) is 23.7. The van der Waals surface area contributed by atoms with Gasteiger partial charge in [0.2, 0.25) is 11.8 Å². The number of carbonyl (C=O) groups is 5. The van der Waals surface area contributed by atoms with E-state index in [2.05, 4.69) is 10.8 Å². The van der Waals surface area contributed by atoms with E-state index in [9.17, 15) is 24.0 Å². The molecule has 0 atom stereocenters. The fourth-order valence-electron chi connectivity index (χ4n) is 3.63. The maximum absolute atomic E-state index is 12.6. The van der Waals surface area contributed by atoms with Gasteiger partial charge >= 0.3 is 0 Å². The molecule has 0 unspecified atom stereocenters. The predicted octanol–water partition coefficient (Wildman–Crippen LogP) is 0.183. The lowest BCUT2D eigenvalue weighted by atomic mass is 9.88. The van der Waals surface area contributed by atoms with E-state index in [4.69, 9.17) is 4.84 Å². The third-order valence-electron chi connectivity index (χ3n) is 5.63. The molecule has 0 radical (unpaired) electrons. The van der Waals surface area contributed by atoms with Crippen LogP contribution in [0.3, 0.4) is 0 Å². The highest BCUT2D eigenvalue weighted by molar-refractivity contribution is 6.13. The number of Topliss-reactive ketones (excluding diaryl/α,β-unsaturated/α-hetero) is 1. The first-order chi connectivity index (χ1) is 15.1. The van der Waals surface area contributed by atoms with Crippen LogP contribution in [0.5, 0.6) is 0 Å². The van der Waals surface area contributed by atoms with Crippen molar-refractivity contribution < 1.29 is 28.8 Å². The third-order valence-corrected chi connectivity index (χ3v) is 5.63. The molecule has 0 saturated carbocycles. The maximum atomic E-state index is 12.6. The van der Waals surface area contributed by atoms with Gasteiger partial charge in [0.15, 0.2) is 0 Å². The van der Waals surface area contributed by atoms with Gasteiger partial charge < -0.3 is 15.1 Å². The van der Waals surface area contributed by atoms with Crippen LogP contribution in [0, 0.1) is 11.3 Å². The van der Waals surface area contributed by atoms with Crippen molar-refractivity contribution in [3.8, 4) is 0 Å². The minimum absolute atomic E-state index is 0.0405. The van der Waals surface area contributed by atoms with E-state index >= 15 is 0 Å². The van der Waals surface area contributed by atoms with Gasteiger partial charge in [0.25, 0.3) is 11.8 Å². The van der Waals surface area contributed by atoms with Gasteiger partial charge in [-0.2, -0.15) is 0 Å². The highest BCUT2D eigenvalue weighted by Gasteiger charge is 2.29. The SMILES string of the molecule is CC(=O)C1CCN(C(=O)CC(C)(C)CONCCNC(=O)CCN2C(=O)C=CC2=O)CC1. The number of hydrogen-bond acceptors (Lipinski definition) is 7. The van der Waals surface area contributed by atoms with E-state index in [1.165, 1.54) is 12.2 Å². The van der Waals surface area contributed by atoms with Gasteiger partial charge in [0, 0.05) is 63.6 Å². The van der Waals surface area contributed by atoms with Crippen molar-refractivity contribution in [2.45, 2.75) is 46.5 Å². The van der Waals surface area contributed by atoms with Gasteiger partial charge in [-0.3, -0.25) is 28.9 Å². The van der Waals surface area contributed by atoms with Crippen molar-refractivity contribution in [3.63, 3.8) is 0 Å². The van der Waals surface area contributed by atoms with Crippen LogP contribution in [0.4, 0.5) is 0 Å². The number of piperidine rings is 1. The number of likely N-dealkylation sites (tertiary alicyclic amines) is 1. The van der Waals surface area contributed by atoms with Crippen LogP contribution in [0.15, 0.2) is 12.2 Å². The lowest BCUT2D eigenvalue weighted by Crippen LogP contribution is -2.42. The lowest BCUT2D eigenvalue weighted by molar-refractivity contribution is -0.138. The molecule has 2 rings (SSSR count). The van der Waals surface area contributed by atoms with Gasteiger partial charge in [-0.05, 0) is 25.2 Å². The number of nitrogens with one attached hydrogen (secondary N) is 2. The Hall–Kier alpha value is -2.59. The second-order valence-electron chi connectivity index (χ2n) is 9.05. The van der Waals surface area contributed by atoms with Crippen molar-refractivity contribution >= 4 is 29.4 Å². The molecule has 10 nitrogen and oxygen atoms in total. The molecule has 2 N–H and O–H groups in total. The molecule has 0 aromatic rings. The highest BCUT2D eigenvalue weighted by Crippen LogP contribution is 2.24. The van der Waals surface area contributed by atoms with Gasteiger partial charge in [-0.15, -0.1) is 0 Å². The minimum atomic E-state index is -0.403. The topological polar surface area (TPSA) is 125 Å². The lowest BCUT2D eigenvalue weighted by Gasteiger charge is -2.33. The Bertz CT molecular complexity index is 738. The summed E-state index contributed by atoms with van der Waals surface area (Å²) in [5.74, 6) is -0.736. The fraction of sp³-hybridized carbons (Fsp3) is 0.682. The number of amides is 4. The molecule has 32 heavy (non-hydrogen) atoms. The molecule has 4 amide bonds. The number of ketones is 1. The Labute approximate surface area is 188 Å². The molecule has 10 heteroatoms. The van der Waals surface area contributed by atoms with Crippen LogP contribution >= 0.6 is 0 Å². The Kier molecular flexibility index (Phi) is 9.52. The van der Waals surface area contributed by atoms with Crippen LogP contribution in [-0.4, -0.2) is 78.5 Å².